The summed E-state index contributed by atoms with van der Waals surface area (Å²) < 4.78 is 29.9. The summed E-state index contributed by atoms with van der Waals surface area (Å²) in [6.07, 6.45) is 1.66. The zero-order valence-electron chi connectivity index (χ0n) is 15.4. The van der Waals surface area contributed by atoms with Crippen LogP contribution in [0, 0.1) is 11.3 Å². The summed E-state index contributed by atoms with van der Waals surface area (Å²) in [5, 5.41) is 9.96. The van der Waals surface area contributed by atoms with Crippen LogP contribution in [0.1, 0.15) is 11.4 Å². The Hall–Kier alpha value is -3.60. The van der Waals surface area contributed by atoms with Gasteiger partial charge in [0.05, 0.1) is 16.6 Å². The molecule has 0 unspecified atom stereocenters. The molecule has 0 radical (unpaired) electrons. The van der Waals surface area contributed by atoms with Crippen molar-refractivity contribution in [1.82, 2.24) is 9.97 Å². The van der Waals surface area contributed by atoms with E-state index in [4.69, 9.17) is 15.8 Å². The van der Waals surface area contributed by atoms with Gasteiger partial charge in [-0.3, -0.25) is 0 Å². The molecule has 0 saturated heterocycles. The number of fused-ring (bicyclic) bond motifs is 1. The van der Waals surface area contributed by atoms with Gasteiger partial charge in [-0.15, -0.1) is 0 Å². The maximum absolute atomic E-state index is 12.4. The van der Waals surface area contributed by atoms with Crippen molar-refractivity contribution in [2.45, 2.75) is 4.90 Å². The lowest BCUT2D eigenvalue weighted by molar-refractivity contribution is 0.486. The van der Waals surface area contributed by atoms with Gasteiger partial charge in [0.1, 0.15) is 22.5 Å². The van der Waals surface area contributed by atoms with E-state index in [-0.39, 0.29) is 10.6 Å². The maximum atomic E-state index is 12.4. The van der Waals surface area contributed by atoms with Crippen molar-refractivity contribution in [2.24, 2.45) is 0 Å². The van der Waals surface area contributed by atoms with E-state index in [9.17, 15) is 13.7 Å². The molecule has 0 spiro atoms. The van der Waals surface area contributed by atoms with Crippen LogP contribution in [0.5, 0.6) is 5.75 Å². The number of rotatable bonds is 5. The second-order valence-corrected chi connectivity index (χ2v) is 8.32. The molecule has 1 N–H and O–H groups in total. The van der Waals surface area contributed by atoms with E-state index in [1.165, 1.54) is 36.4 Å². The largest absolute Gasteiger partial charge is 0.379 e. The number of imidazole rings is 1. The molecule has 0 aliphatic carbocycles. The third kappa shape index (κ3) is 4.20. The van der Waals surface area contributed by atoms with Crippen molar-refractivity contribution in [1.29, 1.82) is 5.26 Å². The number of halogens is 1. The molecule has 0 saturated carbocycles. The molecule has 4 aromatic rings. The minimum Gasteiger partial charge on any atom is -0.379 e. The molecular formula is C22H14ClN3O3S. The Morgan fingerprint density at radius 1 is 1.03 bits per heavy atom. The quantitative estimate of drug-likeness (QED) is 0.349. The molecule has 6 nitrogen and oxygen atoms in total. The SMILES string of the molecule is N#C/C(=C\c1ccc(OS(=O)(=O)c2ccc(Cl)cc2)cc1)c1nc2ccccc2[nH]1. The number of benzene rings is 3. The first-order chi connectivity index (χ1) is 14.4. The van der Waals surface area contributed by atoms with Crippen molar-refractivity contribution < 1.29 is 12.6 Å². The van der Waals surface area contributed by atoms with E-state index in [1.807, 2.05) is 24.3 Å². The van der Waals surface area contributed by atoms with Gasteiger partial charge in [0.25, 0.3) is 0 Å². The molecule has 1 aromatic heterocycles. The summed E-state index contributed by atoms with van der Waals surface area (Å²) in [6.45, 7) is 0. The molecule has 0 amide bonds. The minimum atomic E-state index is -3.97. The fraction of sp³-hybridized carbons (Fsp3) is 0. The van der Waals surface area contributed by atoms with Crippen molar-refractivity contribution in [2.75, 3.05) is 0 Å². The highest BCUT2D eigenvalue weighted by Crippen LogP contribution is 2.23. The normalized spacial score (nSPS) is 11.9. The topological polar surface area (TPSA) is 95.8 Å². The lowest BCUT2D eigenvalue weighted by Crippen LogP contribution is -2.09. The van der Waals surface area contributed by atoms with Crippen LogP contribution in [-0.4, -0.2) is 18.4 Å². The van der Waals surface area contributed by atoms with Gasteiger partial charge < -0.3 is 9.17 Å². The van der Waals surface area contributed by atoms with Crippen LogP contribution in [0.15, 0.2) is 77.7 Å². The molecule has 0 atom stereocenters. The standard InChI is InChI=1S/C22H14ClN3O3S/c23-17-7-11-19(12-8-17)30(27,28)29-18-9-5-15(6-10-18)13-16(14-24)22-25-20-3-1-2-4-21(20)26-22/h1-13H,(H,25,26)/b16-13+. The molecule has 148 valence electrons. The molecule has 0 aliphatic rings. The lowest BCUT2D eigenvalue weighted by atomic mass is 10.1. The molecular weight excluding hydrogens is 422 g/mol. The zero-order valence-corrected chi connectivity index (χ0v) is 17.0. The van der Waals surface area contributed by atoms with E-state index >= 15 is 0 Å². The average molecular weight is 436 g/mol. The van der Waals surface area contributed by atoms with Crippen LogP contribution in [0.2, 0.25) is 5.02 Å². The number of hydrogen-bond acceptors (Lipinski definition) is 5. The van der Waals surface area contributed by atoms with Crippen LogP contribution in [-0.2, 0) is 10.1 Å². The van der Waals surface area contributed by atoms with Gasteiger partial charge >= 0.3 is 10.1 Å². The Labute approximate surface area is 178 Å². The van der Waals surface area contributed by atoms with Gasteiger partial charge in [-0.05, 0) is 60.2 Å². The third-order valence-corrected chi connectivity index (χ3v) is 5.78. The average Bonchev–Trinajstić information content (AvgIpc) is 3.17. The first kappa shape index (κ1) is 19.7. The monoisotopic (exact) mass is 435 g/mol. The third-order valence-electron chi connectivity index (χ3n) is 4.26. The van der Waals surface area contributed by atoms with Crippen LogP contribution in [0.25, 0.3) is 22.7 Å². The predicted octanol–water partition coefficient (Wildman–Crippen LogP) is 5.05. The number of hydrogen-bond donors (Lipinski definition) is 1. The van der Waals surface area contributed by atoms with E-state index in [0.29, 0.717) is 22.0 Å². The zero-order chi connectivity index (χ0) is 21.1. The summed E-state index contributed by atoms with van der Waals surface area (Å²) >= 11 is 5.79. The van der Waals surface area contributed by atoms with Gasteiger partial charge in [-0.2, -0.15) is 13.7 Å². The van der Waals surface area contributed by atoms with E-state index in [2.05, 4.69) is 16.0 Å². The first-order valence-corrected chi connectivity index (χ1v) is 10.6. The maximum Gasteiger partial charge on any atom is 0.339 e. The number of nitrogens with one attached hydrogen (secondary N) is 1. The van der Waals surface area contributed by atoms with Crippen LogP contribution < -0.4 is 4.18 Å². The number of nitriles is 1. The molecule has 1 heterocycles. The smallest absolute Gasteiger partial charge is 0.339 e. The van der Waals surface area contributed by atoms with Gasteiger partial charge in [0, 0.05) is 5.02 Å². The number of allylic oxidation sites excluding steroid dienone is 1. The van der Waals surface area contributed by atoms with E-state index in [0.717, 1.165) is 11.0 Å². The van der Waals surface area contributed by atoms with Gasteiger partial charge in [-0.1, -0.05) is 35.9 Å². The predicted molar refractivity (Wildman–Crippen MR) is 115 cm³/mol. The van der Waals surface area contributed by atoms with Gasteiger partial charge in [-0.25, -0.2) is 4.98 Å². The Morgan fingerprint density at radius 2 is 1.73 bits per heavy atom. The molecule has 0 aliphatic heterocycles. The Balaban J connectivity index is 1.56. The number of nitrogens with zero attached hydrogens (tertiary/aromatic N) is 2. The summed E-state index contributed by atoms with van der Waals surface area (Å²) in [5.74, 6) is 0.619. The molecule has 3 aromatic carbocycles. The number of H-pyrrole nitrogens is 1. The lowest BCUT2D eigenvalue weighted by Gasteiger charge is -2.07. The van der Waals surface area contributed by atoms with Crippen molar-refractivity contribution in [3.63, 3.8) is 0 Å². The molecule has 4 rings (SSSR count). The van der Waals surface area contributed by atoms with Crippen LogP contribution in [0.3, 0.4) is 0 Å². The van der Waals surface area contributed by atoms with Gasteiger partial charge in [0.2, 0.25) is 0 Å². The molecule has 8 heteroatoms. The Kier molecular flexibility index (Phi) is 5.27. The fourth-order valence-corrected chi connectivity index (χ4v) is 3.85. The molecule has 0 fully saturated rings. The fourth-order valence-electron chi connectivity index (χ4n) is 2.80. The number of aromatic amines is 1. The molecule has 30 heavy (non-hydrogen) atoms. The highest BCUT2D eigenvalue weighted by Gasteiger charge is 2.16. The second kappa shape index (κ2) is 8.03. The Bertz CT molecular complexity index is 1350. The van der Waals surface area contributed by atoms with Crippen molar-refractivity contribution in [3.8, 4) is 11.8 Å². The van der Waals surface area contributed by atoms with Crippen LogP contribution in [0.4, 0.5) is 0 Å². The first-order valence-electron chi connectivity index (χ1n) is 8.82. The van der Waals surface area contributed by atoms with E-state index in [1.54, 1.807) is 18.2 Å². The second-order valence-electron chi connectivity index (χ2n) is 6.33. The summed E-state index contributed by atoms with van der Waals surface area (Å²) in [7, 11) is -3.97. The summed E-state index contributed by atoms with van der Waals surface area (Å²) in [5.41, 5.74) is 2.66. The summed E-state index contributed by atoms with van der Waals surface area (Å²) in [4.78, 5) is 7.55. The summed E-state index contributed by atoms with van der Waals surface area (Å²) in [6, 6.07) is 21.7. The van der Waals surface area contributed by atoms with E-state index < -0.39 is 10.1 Å². The van der Waals surface area contributed by atoms with Gasteiger partial charge in [0.15, 0.2) is 0 Å². The highest BCUT2D eigenvalue weighted by atomic mass is 35.5. The Morgan fingerprint density at radius 3 is 2.40 bits per heavy atom. The minimum absolute atomic E-state index is 0.00697. The molecule has 0 bridgehead atoms. The highest BCUT2D eigenvalue weighted by molar-refractivity contribution is 7.87. The van der Waals surface area contributed by atoms with Crippen LogP contribution >= 0.6 is 11.6 Å². The number of para-hydroxylation sites is 2. The number of aromatic nitrogens is 2. The van der Waals surface area contributed by atoms with Crippen molar-refractivity contribution in [3.05, 3.63) is 89.2 Å². The van der Waals surface area contributed by atoms with Crippen molar-refractivity contribution >= 4 is 44.4 Å².